The van der Waals surface area contributed by atoms with Crippen molar-refractivity contribution in [1.82, 2.24) is 0 Å². The highest BCUT2D eigenvalue weighted by Crippen LogP contribution is 2.34. The number of fused-ring (bicyclic) bond motifs is 1. The summed E-state index contributed by atoms with van der Waals surface area (Å²) in [6.45, 7) is 0.470. The number of hydrogen-bond acceptors (Lipinski definition) is 2. The first kappa shape index (κ1) is 14.9. The van der Waals surface area contributed by atoms with Gasteiger partial charge < -0.3 is 10.5 Å². The molecular weight excluding hydrogens is 350 g/mol. The van der Waals surface area contributed by atoms with Crippen LogP contribution in [0, 0.1) is 0 Å². The standard InChI is InChI=1S/C17H17BrClNO/c18-12-8-7-11(15(19)9-12)10-21-17-6-2-3-13-14(17)4-1-5-16(13)20/h2-3,6-9,16H,1,4-5,10,20H2. The lowest BCUT2D eigenvalue weighted by molar-refractivity contribution is 0.300. The van der Waals surface area contributed by atoms with E-state index in [0.29, 0.717) is 11.6 Å². The lowest BCUT2D eigenvalue weighted by Gasteiger charge is -2.24. The predicted molar refractivity (Wildman–Crippen MR) is 89.8 cm³/mol. The van der Waals surface area contributed by atoms with Crippen LogP contribution in [0.5, 0.6) is 5.75 Å². The molecule has 0 saturated heterocycles. The van der Waals surface area contributed by atoms with Crippen LogP contribution in [-0.2, 0) is 13.0 Å². The molecule has 0 amide bonds. The van der Waals surface area contributed by atoms with Crippen molar-refractivity contribution >= 4 is 27.5 Å². The largest absolute Gasteiger partial charge is 0.489 e. The molecule has 4 heteroatoms. The van der Waals surface area contributed by atoms with E-state index in [4.69, 9.17) is 22.1 Å². The van der Waals surface area contributed by atoms with Crippen molar-refractivity contribution in [3.63, 3.8) is 0 Å². The van der Waals surface area contributed by atoms with Crippen LogP contribution < -0.4 is 10.5 Å². The van der Waals surface area contributed by atoms with Crippen molar-refractivity contribution in [3.8, 4) is 5.75 Å². The Morgan fingerprint density at radius 3 is 2.95 bits per heavy atom. The van der Waals surface area contributed by atoms with Crippen molar-refractivity contribution < 1.29 is 4.74 Å². The van der Waals surface area contributed by atoms with E-state index in [1.54, 1.807) is 0 Å². The van der Waals surface area contributed by atoms with Gasteiger partial charge in [-0.3, -0.25) is 0 Å². The smallest absolute Gasteiger partial charge is 0.123 e. The van der Waals surface area contributed by atoms with Gasteiger partial charge in [0.15, 0.2) is 0 Å². The first-order valence-electron chi connectivity index (χ1n) is 7.09. The molecule has 0 spiro atoms. The average molecular weight is 367 g/mol. The SMILES string of the molecule is NC1CCCc2c(OCc3ccc(Br)cc3Cl)cccc21. The molecule has 0 bridgehead atoms. The van der Waals surface area contributed by atoms with Gasteiger partial charge in [0.25, 0.3) is 0 Å². The monoisotopic (exact) mass is 365 g/mol. The Balaban J connectivity index is 1.81. The fourth-order valence-electron chi connectivity index (χ4n) is 2.78. The Kier molecular flexibility index (Phi) is 4.53. The molecule has 0 saturated carbocycles. The summed E-state index contributed by atoms with van der Waals surface area (Å²) in [7, 11) is 0. The molecule has 1 atom stereocenters. The fraction of sp³-hybridized carbons (Fsp3) is 0.294. The minimum absolute atomic E-state index is 0.133. The van der Waals surface area contributed by atoms with Crippen molar-refractivity contribution in [2.45, 2.75) is 31.9 Å². The third-order valence-electron chi connectivity index (χ3n) is 3.91. The molecular formula is C17H17BrClNO. The van der Waals surface area contributed by atoms with E-state index in [0.717, 1.165) is 35.0 Å². The molecule has 2 aromatic carbocycles. The van der Waals surface area contributed by atoms with Crippen molar-refractivity contribution in [1.29, 1.82) is 0 Å². The first-order chi connectivity index (χ1) is 10.1. The van der Waals surface area contributed by atoms with Gasteiger partial charge in [0.1, 0.15) is 12.4 Å². The highest BCUT2D eigenvalue weighted by atomic mass is 79.9. The molecule has 2 N–H and O–H groups in total. The number of nitrogens with two attached hydrogens (primary N) is 1. The van der Waals surface area contributed by atoms with Crippen LogP contribution in [-0.4, -0.2) is 0 Å². The van der Waals surface area contributed by atoms with Gasteiger partial charge in [0.2, 0.25) is 0 Å². The molecule has 1 unspecified atom stereocenters. The van der Waals surface area contributed by atoms with Crippen LogP contribution in [0.1, 0.15) is 35.6 Å². The van der Waals surface area contributed by atoms with Gasteiger partial charge in [0.05, 0.1) is 0 Å². The molecule has 0 aliphatic heterocycles. The van der Waals surface area contributed by atoms with Gasteiger partial charge >= 0.3 is 0 Å². The molecule has 2 aromatic rings. The maximum Gasteiger partial charge on any atom is 0.123 e. The number of halogens is 2. The minimum Gasteiger partial charge on any atom is -0.489 e. The highest BCUT2D eigenvalue weighted by Gasteiger charge is 2.19. The molecule has 0 heterocycles. The van der Waals surface area contributed by atoms with Gasteiger partial charge in [-0.15, -0.1) is 0 Å². The normalized spacial score (nSPS) is 17.4. The summed E-state index contributed by atoms with van der Waals surface area (Å²) in [4.78, 5) is 0. The fourth-order valence-corrected chi connectivity index (χ4v) is 3.51. The van der Waals surface area contributed by atoms with Crippen LogP contribution in [0.2, 0.25) is 5.02 Å². The summed E-state index contributed by atoms with van der Waals surface area (Å²) in [5.74, 6) is 0.932. The Morgan fingerprint density at radius 1 is 1.29 bits per heavy atom. The summed E-state index contributed by atoms with van der Waals surface area (Å²) >= 11 is 9.64. The highest BCUT2D eigenvalue weighted by molar-refractivity contribution is 9.10. The average Bonchev–Trinajstić information content (AvgIpc) is 2.47. The number of rotatable bonds is 3. The van der Waals surface area contributed by atoms with E-state index < -0.39 is 0 Å². The van der Waals surface area contributed by atoms with Gasteiger partial charge in [-0.05, 0) is 48.6 Å². The third-order valence-corrected chi connectivity index (χ3v) is 4.75. The van der Waals surface area contributed by atoms with E-state index in [1.807, 2.05) is 30.3 Å². The Morgan fingerprint density at radius 2 is 2.14 bits per heavy atom. The summed E-state index contributed by atoms with van der Waals surface area (Å²) in [6.07, 6.45) is 3.20. The molecule has 2 nitrogen and oxygen atoms in total. The van der Waals surface area contributed by atoms with Gasteiger partial charge in [0, 0.05) is 21.1 Å². The van der Waals surface area contributed by atoms with Crippen molar-refractivity contribution in [3.05, 3.63) is 62.6 Å². The van der Waals surface area contributed by atoms with E-state index in [2.05, 4.69) is 22.0 Å². The Labute approximate surface area is 138 Å². The van der Waals surface area contributed by atoms with Crippen molar-refractivity contribution in [2.24, 2.45) is 5.73 Å². The zero-order valence-corrected chi connectivity index (χ0v) is 14.0. The zero-order valence-electron chi connectivity index (χ0n) is 11.6. The maximum atomic E-state index is 6.23. The summed E-state index contributed by atoms with van der Waals surface area (Å²) < 4.78 is 6.98. The second-order valence-corrected chi connectivity index (χ2v) is 6.67. The Hall–Kier alpha value is -1.03. The van der Waals surface area contributed by atoms with E-state index >= 15 is 0 Å². The van der Waals surface area contributed by atoms with Gasteiger partial charge in [-0.2, -0.15) is 0 Å². The molecule has 0 radical (unpaired) electrons. The predicted octanol–water partition coefficient (Wildman–Crippen LogP) is 5.02. The third kappa shape index (κ3) is 3.25. The van der Waals surface area contributed by atoms with Crippen LogP contribution in [0.3, 0.4) is 0 Å². The van der Waals surface area contributed by atoms with Crippen LogP contribution in [0.15, 0.2) is 40.9 Å². The second-order valence-electron chi connectivity index (χ2n) is 5.35. The molecule has 21 heavy (non-hydrogen) atoms. The zero-order chi connectivity index (χ0) is 14.8. The van der Waals surface area contributed by atoms with Gasteiger partial charge in [-0.25, -0.2) is 0 Å². The quantitative estimate of drug-likeness (QED) is 0.828. The van der Waals surface area contributed by atoms with Crippen LogP contribution >= 0.6 is 27.5 Å². The van der Waals surface area contributed by atoms with Crippen molar-refractivity contribution in [2.75, 3.05) is 0 Å². The maximum absolute atomic E-state index is 6.23. The number of hydrogen-bond donors (Lipinski definition) is 1. The van der Waals surface area contributed by atoms with Crippen LogP contribution in [0.4, 0.5) is 0 Å². The topological polar surface area (TPSA) is 35.2 Å². The van der Waals surface area contributed by atoms with E-state index in [9.17, 15) is 0 Å². The van der Waals surface area contributed by atoms with E-state index in [1.165, 1.54) is 11.1 Å². The molecule has 3 rings (SSSR count). The summed E-state index contributed by atoms with van der Waals surface area (Å²) in [5, 5.41) is 0.714. The molecule has 110 valence electrons. The molecule has 1 aliphatic rings. The molecule has 0 aromatic heterocycles. The molecule has 0 fully saturated rings. The van der Waals surface area contributed by atoms with E-state index in [-0.39, 0.29) is 6.04 Å². The summed E-state index contributed by atoms with van der Waals surface area (Å²) in [6, 6.07) is 12.1. The molecule has 1 aliphatic carbocycles. The van der Waals surface area contributed by atoms with Gasteiger partial charge in [-0.1, -0.05) is 45.7 Å². The first-order valence-corrected chi connectivity index (χ1v) is 8.26. The van der Waals surface area contributed by atoms with Crippen LogP contribution in [0.25, 0.3) is 0 Å². The summed E-state index contributed by atoms with van der Waals surface area (Å²) in [5.41, 5.74) is 9.64. The lowest BCUT2D eigenvalue weighted by Crippen LogP contribution is -2.18. The minimum atomic E-state index is 0.133. The Bertz CT molecular complexity index is 659. The second kappa shape index (κ2) is 6.39. The number of benzene rings is 2. The number of ether oxygens (including phenoxy) is 1. The lowest BCUT2D eigenvalue weighted by atomic mass is 9.87.